The number of phenols is 1. The largest absolute Gasteiger partial charge is 0.506 e. The highest BCUT2D eigenvalue weighted by Crippen LogP contribution is 2.30. The highest BCUT2D eigenvalue weighted by atomic mass is 35.5. The average Bonchev–Trinajstić information content (AvgIpc) is 1.96. The summed E-state index contributed by atoms with van der Waals surface area (Å²) in [5, 5.41) is 16.8. The summed E-state index contributed by atoms with van der Waals surface area (Å²) >= 11 is 11.2. The van der Waals surface area contributed by atoms with Crippen LogP contribution in [-0.2, 0) is 0 Å². The molecule has 0 aliphatic carbocycles. The van der Waals surface area contributed by atoms with Crippen LogP contribution in [0.4, 0.5) is 0 Å². The first-order chi connectivity index (χ1) is 5.52. The van der Waals surface area contributed by atoms with E-state index in [1.54, 1.807) is 0 Å². The van der Waals surface area contributed by atoms with Gasteiger partial charge in [-0.05, 0) is 12.1 Å². The second-order valence-corrected chi connectivity index (χ2v) is 3.04. The fraction of sp³-hybridized carbons (Fsp3) is 0. The van der Waals surface area contributed by atoms with Crippen LogP contribution in [0.25, 0.3) is 0 Å². The molecule has 5 heteroatoms. The van der Waals surface area contributed by atoms with Crippen LogP contribution in [-0.4, -0.2) is 10.9 Å². The highest BCUT2D eigenvalue weighted by molar-refractivity contribution is 6.36. The van der Waals surface area contributed by atoms with E-state index in [1.165, 1.54) is 12.1 Å². The molecule has 0 fully saturated rings. The van der Waals surface area contributed by atoms with E-state index in [-0.39, 0.29) is 22.2 Å². The predicted molar refractivity (Wildman–Crippen MR) is 49.1 cm³/mol. The van der Waals surface area contributed by atoms with Crippen molar-refractivity contribution in [2.24, 2.45) is 5.73 Å². The molecule has 0 heterocycles. The highest BCUT2D eigenvalue weighted by Gasteiger charge is 2.09. The third-order valence-corrected chi connectivity index (χ3v) is 1.82. The molecule has 0 amide bonds. The molecule has 0 spiro atoms. The van der Waals surface area contributed by atoms with Crippen molar-refractivity contribution in [3.63, 3.8) is 0 Å². The fourth-order valence-electron chi connectivity index (χ4n) is 0.771. The zero-order valence-electron chi connectivity index (χ0n) is 5.94. The van der Waals surface area contributed by atoms with Crippen molar-refractivity contribution in [1.82, 2.24) is 0 Å². The van der Waals surface area contributed by atoms with Crippen LogP contribution in [0.1, 0.15) is 5.56 Å². The van der Waals surface area contributed by atoms with E-state index < -0.39 is 0 Å². The van der Waals surface area contributed by atoms with Gasteiger partial charge in [0.25, 0.3) is 0 Å². The number of nitrogen functional groups attached to an aromatic ring is 1. The summed E-state index contributed by atoms with van der Waals surface area (Å²) in [6.45, 7) is 0. The van der Waals surface area contributed by atoms with Crippen molar-refractivity contribution in [2.45, 2.75) is 0 Å². The lowest BCUT2D eigenvalue weighted by molar-refractivity contribution is 0.474. The molecule has 0 bridgehead atoms. The van der Waals surface area contributed by atoms with Gasteiger partial charge in [0.15, 0.2) is 0 Å². The Morgan fingerprint density at radius 1 is 1.42 bits per heavy atom. The van der Waals surface area contributed by atoms with Crippen molar-refractivity contribution in [3.05, 3.63) is 27.7 Å². The summed E-state index contributed by atoms with van der Waals surface area (Å²) in [6, 6.07) is 2.76. The molecular weight excluding hydrogens is 199 g/mol. The predicted octanol–water partition coefficient (Wildman–Crippen LogP) is 1.98. The molecule has 0 saturated carbocycles. The zero-order chi connectivity index (χ0) is 9.30. The van der Waals surface area contributed by atoms with Gasteiger partial charge in [-0.25, -0.2) is 0 Å². The van der Waals surface area contributed by atoms with Crippen LogP contribution in [0.15, 0.2) is 12.1 Å². The standard InChI is InChI=1S/C7H6Cl2N2O/c8-3-1-4(7(10)11)6(12)5(9)2-3/h1-2,12H,(H3,10,11). The lowest BCUT2D eigenvalue weighted by atomic mass is 10.2. The Morgan fingerprint density at radius 2 is 2.00 bits per heavy atom. The Balaban J connectivity index is 3.37. The lowest BCUT2D eigenvalue weighted by Crippen LogP contribution is -2.11. The molecule has 4 N–H and O–H groups in total. The maximum absolute atomic E-state index is 9.28. The SMILES string of the molecule is N=C(N)c1cc(Cl)cc(Cl)c1O. The Labute approximate surface area is 79.2 Å². The van der Waals surface area contributed by atoms with Gasteiger partial charge in [0, 0.05) is 5.02 Å². The van der Waals surface area contributed by atoms with Crippen molar-refractivity contribution in [3.8, 4) is 5.75 Å². The molecule has 0 atom stereocenters. The van der Waals surface area contributed by atoms with E-state index in [9.17, 15) is 5.11 Å². The van der Waals surface area contributed by atoms with E-state index >= 15 is 0 Å². The van der Waals surface area contributed by atoms with Crippen LogP contribution >= 0.6 is 23.2 Å². The first-order valence-electron chi connectivity index (χ1n) is 3.04. The van der Waals surface area contributed by atoms with Crippen LogP contribution in [0.3, 0.4) is 0 Å². The normalized spacial score (nSPS) is 9.83. The van der Waals surface area contributed by atoms with Crippen molar-refractivity contribution in [2.75, 3.05) is 0 Å². The van der Waals surface area contributed by atoms with Crippen LogP contribution < -0.4 is 5.73 Å². The lowest BCUT2D eigenvalue weighted by Gasteiger charge is -2.04. The second kappa shape index (κ2) is 3.21. The zero-order valence-corrected chi connectivity index (χ0v) is 7.45. The van der Waals surface area contributed by atoms with Crippen molar-refractivity contribution < 1.29 is 5.11 Å². The maximum atomic E-state index is 9.28. The topological polar surface area (TPSA) is 70.1 Å². The third kappa shape index (κ3) is 1.62. The number of nitrogens with two attached hydrogens (primary N) is 1. The Kier molecular flexibility index (Phi) is 2.45. The minimum Gasteiger partial charge on any atom is -0.506 e. The molecule has 1 rings (SSSR count). The third-order valence-electron chi connectivity index (χ3n) is 1.32. The van der Waals surface area contributed by atoms with Gasteiger partial charge >= 0.3 is 0 Å². The van der Waals surface area contributed by atoms with Gasteiger partial charge in [0.1, 0.15) is 11.6 Å². The monoisotopic (exact) mass is 204 g/mol. The molecule has 0 aliphatic rings. The van der Waals surface area contributed by atoms with Crippen molar-refractivity contribution in [1.29, 1.82) is 5.41 Å². The van der Waals surface area contributed by atoms with Gasteiger partial charge in [-0.2, -0.15) is 0 Å². The summed E-state index contributed by atoms with van der Waals surface area (Å²) in [5.74, 6) is -0.481. The van der Waals surface area contributed by atoms with Gasteiger partial charge in [0.2, 0.25) is 0 Å². The van der Waals surface area contributed by atoms with E-state index in [0.717, 1.165) is 0 Å². The molecule has 0 saturated heterocycles. The number of nitrogens with one attached hydrogen (secondary N) is 1. The van der Waals surface area contributed by atoms with Gasteiger partial charge in [-0.3, -0.25) is 5.41 Å². The summed E-state index contributed by atoms with van der Waals surface area (Å²) in [4.78, 5) is 0. The van der Waals surface area contributed by atoms with Crippen LogP contribution in [0, 0.1) is 5.41 Å². The Bertz CT molecular complexity index is 338. The molecule has 0 unspecified atom stereocenters. The van der Waals surface area contributed by atoms with E-state index in [1.807, 2.05) is 0 Å². The molecule has 0 aliphatic heterocycles. The number of amidine groups is 1. The molecule has 64 valence electrons. The van der Waals surface area contributed by atoms with Gasteiger partial charge in [-0.15, -0.1) is 0 Å². The summed E-state index contributed by atoms with van der Waals surface area (Å²) in [7, 11) is 0. The molecule has 1 aromatic carbocycles. The second-order valence-electron chi connectivity index (χ2n) is 2.20. The fourth-order valence-corrected chi connectivity index (χ4v) is 1.26. The van der Waals surface area contributed by atoms with E-state index in [0.29, 0.717) is 5.02 Å². The van der Waals surface area contributed by atoms with E-state index in [2.05, 4.69) is 0 Å². The number of aromatic hydroxyl groups is 1. The number of hydrogen-bond acceptors (Lipinski definition) is 2. The molecule has 12 heavy (non-hydrogen) atoms. The van der Waals surface area contributed by atoms with Gasteiger partial charge in [-0.1, -0.05) is 23.2 Å². The number of rotatable bonds is 1. The maximum Gasteiger partial charge on any atom is 0.145 e. The molecule has 1 aromatic rings. The summed E-state index contributed by atoms with van der Waals surface area (Å²) < 4.78 is 0. The number of benzene rings is 1. The molecule has 3 nitrogen and oxygen atoms in total. The Hall–Kier alpha value is -0.930. The number of halogens is 2. The molecule has 0 aromatic heterocycles. The average molecular weight is 205 g/mol. The summed E-state index contributed by atoms with van der Waals surface area (Å²) in [6.07, 6.45) is 0. The van der Waals surface area contributed by atoms with Crippen LogP contribution in [0.5, 0.6) is 5.75 Å². The molecule has 0 radical (unpaired) electrons. The smallest absolute Gasteiger partial charge is 0.145 e. The Morgan fingerprint density at radius 3 is 2.50 bits per heavy atom. The minimum absolute atomic E-state index is 0.0905. The summed E-state index contributed by atoms with van der Waals surface area (Å²) in [5.41, 5.74) is 5.30. The first-order valence-corrected chi connectivity index (χ1v) is 3.80. The first kappa shape index (κ1) is 9.16. The van der Waals surface area contributed by atoms with Crippen molar-refractivity contribution >= 4 is 29.0 Å². The van der Waals surface area contributed by atoms with Gasteiger partial charge in [0.05, 0.1) is 10.6 Å². The minimum atomic E-state index is -0.267. The van der Waals surface area contributed by atoms with E-state index in [4.69, 9.17) is 34.3 Å². The van der Waals surface area contributed by atoms with Crippen LogP contribution in [0.2, 0.25) is 10.0 Å². The number of phenolic OH excluding ortho intramolecular Hbond substituents is 1. The quantitative estimate of drug-likeness (QED) is 0.484. The number of hydrogen-bond donors (Lipinski definition) is 3. The van der Waals surface area contributed by atoms with Gasteiger partial charge < -0.3 is 10.8 Å². The molecular formula is C7H6Cl2N2O.